The fraction of sp³-hybridized carbons (Fsp3) is 0.290. The van der Waals surface area contributed by atoms with Crippen LogP contribution in [0.3, 0.4) is 0 Å². The maximum Gasteiger partial charge on any atom is 0.324 e. The van der Waals surface area contributed by atoms with Crippen LogP contribution in [0.2, 0.25) is 0 Å². The molecule has 1 heterocycles. The molecule has 0 fully saturated rings. The summed E-state index contributed by atoms with van der Waals surface area (Å²) in [7, 11) is -1.07. The van der Waals surface area contributed by atoms with Crippen molar-refractivity contribution in [2.24, 2.45) is 5.92 Å². The van der Waals surface area contributed by atoms with Crippen LogP contribution in [0.25, 0.3) is 22.1 Å². The molecule has 3 aromatic carbocycles. The number of hydrogen-bond acceptors (Lipinski definition) is 7. The van der Waals surface area contributed by atoms with Crippen LogP contribution in [0.15, 0.2) is 76.0 Å². The highest BCUT2D eigenvalue weighted by atomic mass is 32.2. The van der Waals surface area contributed by atoms with E-state index in [1.54, 1.807) is 45.2 Å². The molecule has 216 valence electrons. The molecule has 1 atom stereocenters. The first-order valence-corrected chi connectivity index (χ1v) is 14.7. The zero-order valence-corrected chi connectivity index (χ0v) is 24.5. The van der Waals surface area contributed by atoms with Crippen LogP contribution in [0.5, 0.6) is 0 Å². The molecule has 0 spiro atoms. The Labute approximate surface area is 239 Å². The molecule has 0 saturated heterocycles. The number of hydrogen-bond donors (Lipinski definition) is 2. The van der Waals surface area contributed by atoms with Gasteiger partial charge >= 0.3 is 5.97 Å². The molecule has 1 amide bonds. The van der Waals surface area contributed by atoms with Crippen molar-refractivity contribution in [3.8, 4) is 11.1 Å². The predicted octanol–water partition coefficient (Wildman–Crippen LogP) is 5.33. The van der Waals surface area contributed by atoms with E-state index in [0.717, 1.165) is 27.6 Å². The highest BCUT2D eigenvalue weighted by Gasteiger charge is 2.29. The Morgan fingerprint density at radius 1 is 0.927 bits per heavy atom. The molecular formula is C31H34N2O7S. The highest BCUT2D eigenvalue weighted by Crippen LogP contribution is 2.30. The van der Waals surface area contributed by atoms with E-state index in [4.69, 9.17) is 13.9 Å². The lowest BCUT2D eigenvalue weighted by atomic mass is 10.0. The molecular weight excluding hydrogens is 544 g/mol. The number of ether oxygens (including phenoxy) is 2. The van der Waals surface area contributed by atoms with Gasteiger partial charge in [0.05, 0.1) is 18.6 Å². The number of carbonyl (C=O) groups excluding carboxylic acids is 2. The number of nitrogens with one attached hydrogen (secondary N) is 2. The van der Waals surface area contributed by atoms with Gasteiger partial charge in [0.15, 0.2) is 5.76 Å². The van der Waals surface area contributed by atoms with Gasteiger partial charge in [-0.05, 0) is 66.3 Å². The minimum atomic E-state index is -3.94. The van der Waals surface area contributed by atoms with E-state index >= 15 is 0 Å². The van der Waals surface area contributed by atoms with E-state index in [1.165, 1.54) is 19.2 Å². The molecule has 0 unspecified atom stereocenters. The van der Waals surface area contributed by atoms with E-state index in [0.29, 0.717) is 24.3 Å². The number of amides is 1. The van der Waals surface area contributed by atoms with Gasteiger partial charge in [0.25, 0.3) is 5.91 Å². The number of carbonyl (C=O) groups is 2. The van der Waals surface area contributed by atoms with Crippen LogP contribution in [0, 0.1) is 12.8 Å². The van der Waals surface area contributed by atoms with Gasteiger partial charge < -0.3 is 19.2 Å². The van der Waals surface area contributed by atoms with Crippen LogP contribution in [0.1, 0.15) is 35.5 Å². The maximum absolute atomic E-state index is 13.1. The van der Waals surface area contributed by atoms with E-state index in [-0.39, 0.29) is 22.5 Å². The molecule has 10 heteroatoms. The summed E-state index contributed by atoms with van der Waals surface area (Å²) < 4.78 is 44.0. The van der Waals surface area contributed by atoms with Gasteiger partial charge in [-0.3, -0.25) is 9.59 Å². The fourth-order valence-corrected chi connectivity index (χ4v) is 5.94. The molecule has 0 aliphatic heterocycles. The van der Waals surface area contributed by atoms with Crippen molar-refractivity contribution in [3.63, 3.8) is 0 Å². The minimum absolute atomic E-state index is 0.0336. The van der Waals surface area contributed by atoms with Gasteiger partial charge in [0, 0.05) is 23.7 Å². The molecule has 4 rings (SSSR count). The third-order valence-corrected chi connectivity index (χ3v) is 8.32. The fourth-order valence-electron chi connectivity index (χ4n) is 4.60. The number of aryl methyl sites for hydroxylation is 1. The molecule has 0 radical (unpaired) electrons. The van der Waals surface area contributed by atoms with E-state index in [2.05, 4.69) is 10.0 Å². The number of sulfonamides is 1. The normalized spacial score (nSPS) is 12.4. The molecule has 4 aromatic rings. The van der Waals surface area contributed by atoms with Crippen molar-refractivity contribution in [2.45, 2.75) is 38.1 Å². The van der Waals surface area contributed by atoms with Crippen LogP contribution in [0.4, 0.5) is 5.69 Å². The summed E-state index contributed by atoms with van der Waals surface area (Å²) in [6.45, 7) is 5.91. The summed E-state index contributed by atoms with van der Waals surface area (Å²) in [5, 5.41) is 3.82. The van der Waals surface area contributed by atoms with E-state index < -0.39 is 22.0 Å². The second kappa shape index (κ2) is 12.7. The number of esters is 1. The van der Waals surface area contributed by atoms with Gasteiger partial charge in [-0.25, -0.2) is 8.42 Å². The van der Waals surface area contributed by atoms with E-state index in [9.17, 15) is 18.0 Å². The standard InChI is InChI=1S/C31H34N2O7S/c1-19(2)28(31(35)39-5)33-41(36,37)25-15-11-22(12-16-25)21-9-13-24(14-10-21)32-30(34)29-20(3)27-23(17-18-38-4)7-6-8-26(27)40-29/h6-16,19,28,33H,17-18H2,1-5H3,(H,32,34)/t28-/m0/s1. The van der Waals surface area contributed by atoms with Crippen molar-refractivity contribution >= 4 is 38.6 Å². The maximum atomic E-state index is 13.1. The van der Waals surface area contributed by atoms with Crippen molar-refractivity contribution in [2.75, 3.05) is 26.1 Å². The molecule has 0 saturated carbocycles. The van der Waals surface area contributed by atoms with Gasteiger partial charge in [-0.2, -0.15) is 4.72 Å². The second-order valence-electron chi connectivity index (χ2n) is 10.0. The number of benzene rings is 3. The average molecular weight is 579 g/mol. The Kier molecular flexibility index (Phi) is 9.27. The largest absolute Gasteiger partial charge is 0.468 e. The predicted molar refractivity (Wildman–Crippen MR) is 157 cm³/mol. The number of fused-ring (bicyclic) bond motifs is 1. The summed E-state index contributed by atoms with van der Waals surface area (Å²) in [5.41, 5.74) is 4.69. The van der Waals surface area contributed by atoms with Gasteiger partial charge in [0.1, 0.15) is 11.6 Å². The molecule has 2 N–H and O–H groups in total. The van der Waals surface area contributed by atoms with Crippen molar-refractivity contribution in [1.82, 2.24) is 4.72 Å². The summed E-state index contributed by atoms with van der Waals surface area (Å²) in [5.74, 6) is -1.02. The van der Waals surface area contributed by atoms with Gasteiger partial charge in [-0.1, -0.05) is 50.2 Å². The first-order valence-electron chi connectivity index (χ1n) is 13.2. The summed E-state index contributed by atoms with van der Waals surface area (Å²) in [6, 6.07) is 18.3. The Hall–Kier alpha value is -3.99. The third-order valence-electron chi connectivity index (χ3n) is 6.87. The van der Waals surface area contributed by atoms with Crippen molar-refractivity contribution < 1.29 is 31.9 Å². The lowest BCUT2D eigenvalue weighted by Gasteiger charge is -2.19. The van der Waals surface area contributed by atoms with Gasteiger partial charge in [-0.15, -0.1) is 0 Å². The van der Waals surface area contributed by atoms with Crippen molar-refractivity contribution in [1.29, 1.82) is 0 Å². The molecule has 9 nitrogen and oxygen atoms in total. The van der Waals surface area contributed by atoms with Crippen LogP contribution in [-0.4, -0.2) is 47.2 Å². The zero-order valence-electron chi connectivity index (χ0n) is 23.7. The molecule has 0 aliphatic rings. The number of anilines is 1. The summed E-state index contributed by atoms with van der Waals surface area (Å²) in [4.78, 5) is 25.1. The molecule has 41 heavy (non-hydrogen) atoms. The third kappa shape index (κ3) is 6.67. The summed E-state index contributed by atoms with van der Waals surface area (Å²) in [6.07, 6.45) is 0.714. The lowest BCUT2D eigenvalue weighted by Crippen LogP contribution is -2.44. The molecule has 0 aliphatic carbocycles. The number of methoxy groups -OCH3 is 2. The Bertz CT molecular complexity index is 1640. The first kappa shape index (κ1) is 30.0. The SMILES string of the molecule is COCCc1cccc2oc(C(=O)Nc3ccc(-c4ccc(S(=O)(=O)N[C@H](C(=O)OC)C(C)C)cc4)cc3)c(C)c12. The minimum Gasteiger partial charge on any atom is -0.468 e. The van der Waals surface area contributed by atoms with Crippen LogP contribution in [-0.2, 0) is 30.7 Å². The lowest BCUT2D eigenvalue weighted by molar-refractivity contribution is -0.143. The topological polar surface area (TPSA) is 124 Å². The summed E-state index contributed by atoms with van der Waals surface area (Å²) >= 11 is 0. The quantitative estimate of drug-likeness (QED) is 0.231. The highest BCUT2D eigenvalue weighted by molar-refractivity contribution is 7.89. The second-order valence-corrected chi connectivity index (χ2v) is 11.7. The monoisotopic (exact) mass is 578 g/mol. The zero-order chi connectivity index (χ0) is 29.7. The average Bonchev–Trinajstić information content (AvgIpc) is 3.31. The van der Waals surface area contributed by atoms with Gasteiger partial charge in [0.2, 0.25) is 10.0 Å². The van der Waals surface area contributed by atoms with Crippen LogP contribution < -0.4 is 10.0 Å². The smallest absolute Gasteiger partial charge is 0.324 e. The van der Waals surface area contributed by atoms with Crippen LogP contribution >= 0.6 is 0 Å². The molecule has 1 aromatic heterocycles. The Morgan fingerprint density at radius 3 is 2.15 bits per heavy atom. The Morgan fingerprint density at radius 2 is 1.56 bits per heavy atom. The Balaban J connectivity index is 1.47. The van der Waals surface area contributed by atoms with Crippen molar-refractivity contribution in [3.05, 3.63) is 83.6 Å². The number of rotatable bonds is 11. The molecule has 0 bridgehead atoms. The number of furan rings is 1. The van der Waals surface area contributed by atoms with E-state index in [1.807, 2.05) is 37.3 Å². The first-order chi connectivity index (χ1) is 19.6.